The van der Waals surface area contributed by atoms with Crippen molar-refractivity contribution in [3.63, 3.8) is 0 Å². The van der Waals surface area contributed by atoms with Crippen molar-refractivity contribution >= 4 is 16.7 Å². The molecule has 2 N–H and O–H groups in total. The van der Waals surface area contributed by atoms with E-state index in [0.717, 1.165) is 0 Å². The monoisotopic (exact) mass is 248 g/mol. The Kier molecular flexibility index (Phi) is 4.89. The van der Waals surface area contributed by atoms with Gasteiger partial charge in [-0.3, -0.25) is 9.00 Å². The summed E-state index contributed by atoms with van der Waals surface area (Å²) in [5.41, 5.74) is 5.26. The zero-order chi connectivity index (χ0) is 12.2. The average Bonchev–Trinajstić information content (AvgIpc) is 2.16. The number of carbonyl (C=O) groups is 1. The molecule has 6 heteroatoms. The van der Waals surface area contributed by atoms with E-state index in [-0.39, 0.29) is 11.7 Å². The Morgan fingerprint density at radius 3 is 2.50 bits per heavy atom. The number of morpholine rings is 1. The Balaban J connectivity index is 2.35. The number of hydrogen-bond donors (Lipinski definition) is 1. The molecule has 0 aromatic carbocycles. The largest absolute Gasteiger partial charge is 0.378 e. The zero-order valence-electron chi connectivity index (χ0n) is 9.90. The molecule has 94 valence electrons. The summed E-state index contributed by atoms with van der Waals surface area (Å²) in [4.78, 5) is 13.4. The molecule has 1 heterocycles. The fourth-order valence-corrected chi connectivity index (χ4v) is 2.90. The number of amides is 1. The smallest absolute Gasteiger partial charge is 0.235 e. The van der Waals surface area contributed by atoms with Crippen LogP contribution in [0.25, 0.3) is 0 Å². The van der Waals surface area contributed by atoms with Crippen molar-refractivity contribution in [2.24, 2.45) is 5.73 Å². The lowest BCUT2D eigenvalue weighted by Gasteiger charge is -2.27. The SMILES string of the molecule is CC(C)(N)CS(=O)CC(=O)N1CCOCC1. The molecule has 5 nitrogen and oxygen atoms in total. The van der Waals surface area contributed by atoms with Gasteiger partial charge in [0.1, 0.15) is 5.75 Å². The van der Waals surface area contributed by atoms with Gasteiger partial charge in [-0.15, -0.1) is 0 Å². The van der Waals surface area contributed by atoms with Crippen LogP contribution in [0.1, 0.15) is 13.8 Å². The normalized spacial score (nSPS) is 19.6. The molecule has 0 radical (unpaired) electrons. The molecule has 16 heavy (non-hydrogen) atoms. The van der Waals surface area contributed by atoms with Crippen LogP contribution in [-0.2, 0) is 20.3 Å². The predicted molar refractivity (Wildman–Crippen MR) is 63.5 cm³/mol. The first-order valence-electron chi connectivity index (χ1n) is 5.38. The highest BCUT2D eigenvalue weighted by atomic mass is 32.2. The number of carbonyl (C=O) groups excluding carboxylic acids is 1. The van der Waals surface area contributed by atoms with E-state index in [0.29, 0.717) is 32.1 Å². The maximum absolute atomic E-state index is 11.7. The third-order valence-electron chi connectivity index (χ3n) is 2.18. The summed E-state index contributed by atoms with van der Waals surface area (Å²) in [5, 5.41) is 0. The maximum Gasteiger partial charge on any atom is 0.235 e. The fraction of sp³-hybridized carbons (Fsp3) is 0.900. The lowest BCUT2D eigenvalue weighted by molar-refractivity contribution is -0.132. The Morgan fingerprint density at radius 1 is 1.44 bits per heavy atom. The summed E-state index contributed by atoms with van der Waals surface area (Å²) in [6.45, 7) is 5.96. The van der Waals surface area contributed by atoms with Crippen molar-refractivity contribution in [2.75, 3.05) is 37.8 Å². The van der Waals surface area contributed by atoms with Gasteiger partial charge in [-0.25, -0.2) is 0 Å². The molecule has 0 aliphatic carbocycles. The molecule has 1 fully saturated rings. The Hall–Kier alpha value is -0.460. The van der Waals surface area contributed by atoms with Gasteiger partial charge in [0.15, 0.2) is 0 Å². The molecule has 0 bridgehead atoms. The molecule has 1 amide bonds. The van der Waals surface area contributed by atoms with Crippen molar-refractivity contribution in [1.82, 2.24) is 4.90 Å². The van der Waals surface area contributed by atoms with Gasteiger partial charge in [0.25, 0.3) is 0 Å². The van der Waals surface area contributed by atoms with Crippen LogP contribution < -0.4 is 5.73 Å². The van der Waals surface area contributed by atoms with Crippen molar-refractivity contribution in [3.05, 3.63) is 0 Å². The van der Waals surface area contributed by atoms with Crippen LogP contribution in [-0.4, -0.2) is 58.4 Å². The first-order chi connectivity index (χ1) is 7.38. The minimum Gasteiger partial charge on any atom is -0.378 e. The van der Waals surface area contributed by atoms with Crippen LogP contribution in [0.4, 0.5) is 0 Å². The minimum atomic E-state index is -1.18. The molecular weight excluding hydrogens is 228 g/mol. The Labute approximate surface area is 98.8 Å². The fourth-order valence-electron chi connectivity index (χ4n) is 1.51. The van der Waals surface area contributed by atoms with E-state index in [1.54, 1.807) is 4.90 Å². The first kappa shape index (κ1) is 13.6. The molecular formula is C10H20N2O3S. The van der Waals surface area contributed by atoms with Crippen molar-refractivity contribution in [2.45, 2.75) is 19.4 Å². The summed E-state index contributed by atoms with van der Waals surface area (Å²) in [7, 11) is -1.18. The lowest BCUT2D eigenvalue weighted by Crippen LogP contribution is -2.44. The molecule has 1 aliphatic rings. The van der Waals surface area contributed by atoms with Crippen molar-refractivity contribution in [1.29, 1.82) is 0 Å². The molecule has 1 aliphatic heterocycles. The van der Waals surface area contributed by atoms with E-state index in [1.807, 2.05) is 13.8 Å². The third kappa shape index (κ3) is 5.05. The van der Waals surface area contributed by atoms with Crippen LogP contribution in [0.2, 0.25) is 0 Å². The van der Waals surface area contributed by atoms with E-state index in [9.17, 15) is 9.00 Å². The van der Waals surface area contributed by atoms with Gasteiger partial charge in [-0.1, -0.05) is 0 Å². The molecule has 1 atom stereocenters. The van der Waals surface area contributed by atoms with Crippen LogP contribution in [0.5, 0.6) is 0 Å². The first-order valence-corrected chi connectivity index (χ1v) is 6.87. The number of rotatable bonds is 4. The Bertz CT molecular complexity index is 270. The summed E-state index contributed by atoms with van der Waals surface area (Å²) in [6, 6.07) is 0. The predicted octanol–water partition coefficient (Wildman–Crippen LogP) is -0.669. The third-order valence-corrected chi connectivity index (χ3v) is 3.82. The van der Waals surface area contributed by atoms with Crippen molar-refractivity contribution in [3.8, 4) is 0 Å². The summed E-state index contributed by atoms with van der Waals surface area (Å²) >= 11 is 0. The van der Waals surface area contributed by atoms with E-state index < -0.39 is 16.3 Å². The van der Waals surface area contributed by atoms with E-state index in [2.05, 4.69) is 0 Å². The van der Waals surface area contributed by atoms with Crippen LogP contribution >= 0.6 is 0 Å². The molecule has 0 aromatic heterocycles. The quantitative estimate of drug-likeness (QED) is 0.716. The number of nitrogens with zero attached hydrogens (tertiary/aromatic N) is 1. The molecule has 1 unspecified atom stereocenters. The van der Waals surface area contributed by atoms with Gasteiger partial charge in [0.05, 0.1) is 13.2 Å². The molecule has 0 spiro atoms. The molecule has 0 aromatic rings. The summed E-state index contributed by atoms with van der Waals surface area (Å²) in [5.74, 6) is 0.356. The van der Waals surface area contributed by atoms with Gasteiger partial charge in [0.2, 0.25) is 5.91 Å². The van der Waals surface area contributed by atoms with E-state index >= 15 is 0 Å². The maximum atomic E-state index is 11.7. The second-order valence-corrected chi connectivity index (χ2v) is 6.17. The number of hydrogen-bond acceptors (Lipinski definition) is 4. The number of nitrogens with two attached hydrogens (primary N) is 1. The second-order valence-electron chi connectivity index (χ2n) is 4.71. The van der Waals surface area contributed by atoms with Crippen LogP contribution in [0, 0.1) is 0 Å². The van der Waals surface area contributed by atoms with E-state index in [1.165, 1.54) is 0 Å². The van der Waals surface area contributed by atoms with Gasteiger partial charge in [-0.2, -0.15) is 0 Å². The highest BCUT2D eigenvalue weighted by Crippen LogP contribution is 2.03. The second kappa shape index (κ2) is 5.75. The topological polar surface area (TPSA) is 72.6 Å². The lowest BCUT2D eigenvalue weighted by atomic mass is 10.1. The van der Waals surface area contributed by atoms with Crippen molar-refractivity contribution < 1.29 is 13.7 Å². The van der Waals surface area contributed by atoms with Gasteiger partial charge < -0.3 is 15.4 Å². The zero-order valence-corrected chi connectivity index (χ0v) is 10.7. The Morgan fingerprint density at radius 2 is 2.00 bits per heavy atom. The van der Waals surface area contributed by atoms with E-state index in [4.69, 9.17) is 10.5 Å². The summed E-state index contributed by atoms with van der Waals surface area (Å²) < 4.78 is 16.8. The average molecular weight is 248 g/mol. The van der Waals surface area contributed by atoms with Gasteiger partial charge in [-0.05, 0) is 13.8 Å². The molecule has 1 saturated heterocycles. The summed E-state index contributed by atoms with van der Waals surface area (Å²) in [6.07, 6.45) is 0. The van der Waals surface area contributed by atoms with Crippen LogP contribution in [0.15, 0.2) is 0 Å². The van der Waals surface area contributed by atoms with Gasteiger partial charge in [0, 0.05) is 35.2 Å². The highest BCUT2D eigenvalue weighted by molar-refractivity contribution is 7.85. The molecule has 1 rings (SSSR count). The highest BCUT2D eigenvalue weighted by Gasteiger charge is 2.22. The van der Waals surface area contributed by atoms with Crippen LogP contribution in [0.3, 0.4) is 0 Å². The minimum absolute atomic E-state index is 0.0640. The number of ether oxygens (including phenoxy) is 1. The molecule has 0 saturated carbocycles. The standard InChI is InChI=1S/C10H20N2O3S/c1-10(2,11)8-16(14)7-9(13)12-3-5-15-6-4-12/h3-8,11H2,1-2H3. The van der Waals surface area contributed by atoms with Gasteiger partial charge >= 0.3 is 0 Å².